The number of nitrogens with one attached hydrogen (secondary N) is 1. The quantitative estimate of drug-likeness (QED) is 0.797. The van der Waals surface area contributed by atoms with E-state index < -0.39 is 0 Å². The van der Waals surface area contributed by atoms with Crippen molar-refractivity contribution in [3.63, 3.8) is 0 Å². The van der Waals surface area contributed by atoms with Crippen LogP contribution in [0, 0.1) is 0 Å². The van der Waals surface area contributed by atoms with E-state index in [0.29, 0.717) is 11.4 Å². The molecule has 0 aliphatic carbocycles. The Kier molecular flexibility index (Phi) is 4.01. The lowest BCUT2D eigenvalue weighted by molar-refractivity contribution is 0.101. The van der Waals surface area contributed by atoms with E-state index in [1.54, 1.807) is 36.8 Å². The molecule has 0 unspecified atom stereocenters. The molecule has 0 bridgehead atoms. The van der Waals surface area contributed by atoms with Gasteiger partial charge in [0.15, 0.2) is 11.5 Å². The van der Waals surface area contributed by atoms with Crippen LogP contribution in [0.3, 0.4) is 0 Å². The maximum atomic E-state index is 12.2. The third-order valence-electron chi connectivity index (χ3n) is 3.15. The van der Waals surface area contributed by atoms with Crippen molar-refractivity contribution in [2.75, 3.05) is 24.3 Å². The van der Waals surface area contributed by atoms with E-state index in [4.69, 9.17) is 4.52 Å². The number of carbonyl (C=O) groups excluding carboxylic acids is 1. The Labute approximate surface area is 133 Å². The first-order valence-electron chi connectivity index (χ1n) is 6.95. The van der Waals surface area contributed by atoms with Gasteiger partial charge in [0.05, 0.1) is 11.9 Å². The topological polar surface area (TPSA) is 84.2 Å². The maximum Gasteiger partial charge on any atom is 0.277 e. The van der Waals surface area contributed by atoms with Crippen molar-refractivity contribution >= 4 is 17.4 Å². The molecule has 0 aliphatic rings. The third-order valence-corrected chi connectivity index (χ3v) is 3.15. The Bertz CT molecular complexity index is 797. The molecular weight excluding hydrogens is 294 g/mol. The monoisotopic (exact) mass is 309 g/mol. The third kappa shape index (κ3) is 3.34. The number of hydrogen-bond acceptors (Lipinski definition) is 6. The minimum atomic E-state index is -0.358. The Morgan fingerprint density at radius 3 is 2.74 bits per heavy atom. The minimum absolute atomic E-state index is 0.195. The minimum Gasteiger partial charge on any atom is -0.363 e. The lowest BCUT2D eigenvalue weighted by Gasteiger charge is -2.11. The van der Waals surface area contributed by atoms with Crippen LogP contribution in [0.25, 0.3) is 11.3 Å². The average molecular weight is 309 g/mol. The van der Waals surface area contributed by atoms with E-state index in [1.165, 1.54) is 0 Å². The van der Waals surface area contributed by atoms with Gasteiger partial charge in [-0.3, -0.25) is 9.78 Å². The molecule has 23 heavy (non-hydrogen) atoms. The molecule has 1 amide bonds. The van der Waals surface area contributed by atoms with E-state index in [0.717, 1.165) is 11.4 Å². The van der Waals surface area contributed by atoms with Crippen LogP contribution in [0.4, 0.5) is 11.5 Å². The molecule has 1 N–H and O–H groups in total. The SMILES string of the molecule is CN(C)c1ccc(NC(=O)c2cc(-c3cccnc3)on2)cn1. The Morgan fingerprint density at radius 2 is 2.09 bits per heavy atom. The van der Waals surface area contributed by atoms with E-state index in [9.17, 15) is 4.79 Å². The standard InChI is InChI=1S/C16H15N5O2/c1-21(2)15-6-5-12(10-18-15)19-16(22)13-8-14(23-20-13)11-4-3-7-17-9-11/h3-10H,1-2H3,(H,19,22). The van der Waals surface area contributed by atoms with Gasteiger partial charge in [0.1, 0.15) is 5.82 Å². The van der Waals surface area contributed by atoms with Crippen molar-refractivity contribution in [2.45, 2.75) is 0 Å². The second kappa shape index (κ2) is 6.27. The molecular formula is C16H15N5O2. The summed E-state index contributed by atoms with van der Waals surface area (Å²) in [5.41, 5.74) is 1.54. The summed E-state index contributed by atoms with van der Waals surface area (Å²) in [5.74, 6) is 0.941. The van der Waals surface area contributed by atoms with Gasteiger partial charge in [-0.25, -0.2) is 4.98 Å². The second-order valence-electron chi connectivity index (χ2n) is 5.07. The second-order valence-corrected chi connectivity index (χ2v) is 5.07. The van der Waals surface area contributed by atoms with Gasteiger partial charge in [0, 0.05) is 38.1 Å². The molecule has 0 atom stereocenters. The Balaban J connectivity index is 1.72. The molecule has 0 spiro atoms. The molecule has 0 fully saturated rings. The first kappa shape index (κ1) is 14.7. The number of nitrogens with zero attached hydrogens (tertiary/aromatic N) is 4. The molecule has 3 aromatic rings. The van der Waals surface area contributed by atoms with Crippen molar-refractivity contribution in [3.8, 4) is 11.3 Å². The Morgan fingerprint density at radius 1 is 1.22 bits per heavy atom. The largest absolute Gasteiger partial charge is 0.363 e. The highest BCUT2D eigenvalue weighted by Gasteiger charge is 2.14. The van der Waals surface area contributed by atoms with Crippen molar-refractivity contribution in [2.24, 2.45) is 0 Å². The molecule has 3 rings (SSSR count). The summed E-state index contributed by atoms with van der Waals surface area (Å²) in [4.78, 5) is 22.3. The number of hydrogen-bond donors (Lipinski definition) is 1. The van der Waals surface area contributed by atoms with Crippen molar-refractivity contribution < 1.29 is 9.32 Å². The molecule has 116 valence electrons. The normalized spacial score (nSPS) is 10.3. The smallest absolute Gasteiger partial charge is 0.277 e. The van der Waals surface area contributed by atoms with Gasteiger partial charge in [-0.1, -0.05) is 5.16 Å². The average Bonchev–Trinajstić information content (AvgIpc) is 3.06. The zero-order valence-electron chi connectivity index (χ0n) is 12.7. The van der Waals surface area contributed by atoms with Gasteiger partial charge in [-0.05, 0) is 24.3 Å². The summed E-state index contributed by atoms with van der Waals surface area (Å²) in [6, 6.07) is 8.80. The highest BCUT2D eigenvalue weighted by Crippen LogP contribution is 2.19. The summed E-state index contributed by atoms with van der Waals surface area (Å²) in [6.07, 6.45) is 4.90. The number of pyridine rings is 2. The van der Waals surface area contributed by atoms with Crippen LogP contribution in [0.2, 0.25) is 0 Å². The predicted molar refractivity (Wildman–Crippen MR) is 86.3 cm³/mol. The predicted octanol–water partition coefficient (Wildman–Crippen LogP) is 2.45. The summed E-state index contributed by atoms with van der Waals surface area (Å²) in [5, 5.41) is 6.52. The zero-order valence-corrected chi connectivity index (χ0v) is 12.7. The number of aromatic nitrogens is 3. The summed E-state index contributed by atoms with van der Waals surface area (Å²) < 4.78 is 5.19. The molecule has 0 saturated heterocycles. The summed E-state index contributed by atoms with van der Waals surface area (Å²) >= 11 is 0. The summed E-state index contributed by atoms with van der Waals surface area (Å²) in [6.45, 7) is 0. The first-order valence-corrected chi connectivity index (χ1v) is 6.95. The van der Waals surface area contributed by atoms with Crippen LogP contribution in [-0.4, -0.2) is 35.1 Å². The number of amides is 1. The molecule has 7 heteroatoms. The Hall–Kier alpha value is -3.22. The number of rotatable bonds is 4. The molecule has 0 aliphatic heterocycles. The highest BCUT2D eigenvalue weighted by molar-refractivity contribution is 6.03. The molecule has 0 radical (unpaired) electrons. The highest BCUT2D eigenvalue weighted by atomic mass is 16.5. The van der Waals surface area contributed by atoms with Crippen LogP contribution < -0.4 is 10.2 Å². The number of anilines is 2. The molecule has 0 aromatic carbocycles. The lowest BCUT2D eigenvalue weighted by atomic mass is 10.2. The van der Waals surface area contributed by atoms with Gasteiger partial charge in [0.2, 0.25) is 0 Å². The van der Waals surface area contributed by atoms with Gasteiger partial charge in [-0.2, -0.15) is 0 Å². The van der Waals surface area contributed by atoms with Crippen LogP contribution >= 0.6 is 0 Å². The van der Waals surface area contributed by atoms with Gasteiger partial charge >= 0.3 is 0 Å². The van der Waals surface area contributed by atoms with E-state index in [-0.39, 0.29) is 11.6 Å². The number of carbonyl (C=O) groups is 1. The molecule has 7 nitrogen and oxygen atoms in total. The lowest BCUT2D eigenvalue weighted by Crippen LogP contribution is -2.14. The molecule has 3 aromatic heterocycles. The summed E-state index contributed by atoms with van der Waals surface area (Å²) in [7, 11) is 3.80. The maximum absolute atomic E-state index is 12.2. The van der Waals surface area contributed by atoms with Gasteiger partial charge in [-0.15, -0.1) is 0 Å². The fraction of sp³-hybridized carbons (Fsp3) is 0.125. The fourth-order valence-corrected chi connectivity index (χ4v) is 1.95. The van der Waals surface area contributed by atoms with Crippen LogP contribution in [0.5, 0.6) is 0 Å². The molecule has 3 heterocycles. The van der Waals surface area contributed by atoms with Gasteiger partial charge in [0.25, 0.3) is 5.91 Å². The van der Waals surface area contributed by atoms with Crippen LogP contribution in [0.1, 0.15) is 10.5 Å². The van der Waals surface area contributed by atoms with Crippen molar-refractivity contribution in [3.05, 3.63) is 54.6 Å². The zero-order chi connectivity index (χ0) is 16.2. The van der Waals surface area contributed by atoms with Crippen molar-refractivity contribution in [1.29, 1.82) is 0 Å². The fourth-order valence-electron chi connectivity index (χ4n) is 1.95. The van der Waals surface area contributed by atoms with Gasteiger partial charge < -0.3 is 14.7 Å². The van der Waals surface area contributed by atoms with Crippen LogP contribution in [0.15, 0.2) is 53.4 Å². The molecule has 0 saturated carbocycles. The van der Waals surface area contributed by atoms with Crippen LogP contribution in [-0.2, 0) is 0 Å². The van der Waals surface area contributed by atoms with E-state index in [1.807, 2.05) is 31.1 Å². The van der Waals surface area contributed by atoms with Crippen molar-refractivity contribution in [1.82, 2.24) is 15.1 Å². The van der Waals surface area contributed by atoms with E-state index in [2.05, 4.69) is 20.4 Å². The first-order chi connectivity index (χ1) is 11.1. The van der Waals surface area contributed by atoms with E-state index >= 15 is 0 Å².